The number of hydrogen-bond acceptors (Lipinski definition) is 5. The van der Waals surface area contributed by atoms with Crippen LogP contribution >= 0.6 is 15.9 Å². The van der Waals surface area contributed by atoms with Gasteiger partial charge >= 0.3 is 31.1 Å². The topological polar surface area (TPSA) is 74.6 Å². The van der Waals surface area contributed by atoms with Crippen LogP contribution in [-0.4, -0.2) is 42.0 Å². The summed E-state index contributed by atoms with van der Waals surface area (Å²) in [6.45, 7) is 0.524. The third kappa shape index (κ3) is 4.40. The molecule has 0 radical (unpaired) electrons. The molecule has 4 atom stereocenters. The van der Waals surface area contributed by atoms with Gasteiger partial charge in [0, 0.05) is 6.54 Å². The Morgan fingerprint density at radius 1 is 1.19 bits per heavy atom. The number of aliphatic hydroxyl groups excluding tert-OH is 1. The van der Waals surface area contributed by atoms with E-state index in [9.17, 15) is 10.2 Å². The van der Waals surface area contributed by atoms with Crippen LogP contribution < -0.4 is 10.1 Å². The standard InChI is InChI=1S/C25H25BrN2O3.U/c1-27-14-19-22(16-6-4-3-5-7-16)23(17-8-10-18(26)11-9-17)25(30,24(19)29)20-12-13-28-15-21(20)31-2;/h3-11,13,15,19,22,24,27,29-30H,14H2,1-2H3;/q-2;+2/t19?,22-,24-,25-;/m1./s1. The molecular weight excluding hydrogens is 694 g/mol. The predicted molar refractivity (Wildman–Crippen MR) is 123 cm³/mol. The van der Waals surface area contributed by atoms with Gasteiger partial charge in [-0.2, -0.15) is 17.7 Å². The van der Waals surface area contributed by atoms with Crippen LogP contribution in [0.3, 0.4) is 0 Å². The van der Waals surface area contributed by atoms with Crippen LogP contribution in [0.4, 0.5) is 0 Å². The van der Waals surface area contributed by atoms with Gasteiger partial charge < -0.3 is 25.3 Å². The molecule has 0 saturated heterocycles. The Balaban J connectivity index is 0.00000289. The number of nitrogens with one attached hydrogen (secondary N) is 1. The molecule has 1 aliphatic rings. The average molecular weight is 719 g/mol. The molecule has 2 aromatic carbocycles. The van der Waals surface area contributed by atoms with E-state index in [1.807, 2.05) is 61.6 Å². The largest absolute Gasteiger partial charge is 2.00 e. The van der Waals surface area contributed by atoms with Crippen LogP contribution in [0.2, 0.25) is 0 Å². The monoisotopic (exact) mass is 718 g/mol. The zero-order chi connectivity index (χ0) is 22.0. The minimum Gasteiger partial charge on any atom is -0.580 e. The summed E-state index contributed by atoms with van der Waals surface area (Å²) >= 11 is 3.49. The van der Waals surface area contributed by atoms with E-state index >= 15 is 0 Å². The molecule has 32 heavy (non-hydrogen) atoms. The maximum absolute atomic E-state index is 12.3. The van der Waals surface area contributed by atoms with E-state index in [1.165, 1.54) is 13.3 Å². The molecule has 0 amide bonds. The molecule has 1 fully saturated rings. The number of methoxy groups -OCH3 is 1. The summed E-state index contributed by atoms with van der Waals surface area (Å²) in [6.07, 6.45) is 1.94. The molecular formula is C25H25BrN2O3U. The van der Waals surface area contributed by atoms with Gasteiger partial charge in [0.25, 0.3) is 0 Å². The van der Waals surface area contributed by atoms with Gasteiger partial charge in [-0.15, -0.1) is 23.6 Å². The first-order valence-electron chi connectivity index (χ1n) is 10.2. The first-order valence-corrected chi connectivity index (χ1v) is 10.9. The van der Waals surface area contributed by atoms with E-state index in [1.54, 1.807) is 6.20 Å². The van der Waals surface area contributed by atoms with Crippen molar-refractivity contribution in [3.05, 3.63) is 100 Å². The number of ether oxygens (including phenoxy) is 1. The molecule has 1 aliphatic carbocycles. The molecule has 1 saturated carbocycles. The van der Waals surface area contributed by atoms with Crippen molar-refractivity contribution in [1.82, 2.24) is 10.3 Å². The molecule has 4 rings (SSSR count). The molecule has 1 heterocycles. The minimum atomic E-state index is -1.70. The molecule has 164 valence electrons. The number of benzene rings is 2. The molecule has 1 unspecified atom stereocenters. The number of hydrogen-bond donors (Lipinski definition) is 3. The molecule has 0 bridgehead atoms. The molecule has 0 spiro atoms. The second-order valence-corrected chi connectivity index (χ2v) is 8.65. The van der Waals surface area contributed by atoms with Gasteiger partial charge in [0.2, 0.25) is 0 Å². The molecule has 3 aromatic rings. The fourth-order valence-corrected chi connectivity index (χ4v) is 5.01. The van der Waals surface area contributed by atoms with E-state index in [4.69, 9.17) is 4.74 Å². The van der Waals surface area contributed by atoms with Crippen LogP contribution in [-0.2, 0) is 5.60 Å². The van der Waals surface area contributed by atoms with E-state index in [0.29, 0.717) is 17.9 Å². The Morgan fingerprint density at radius 2 is 1.88 bits per heavy atom. The average Bonchev–Trinajstić information content (AvgIpc) is 3.03. The summed E-state index contributed by atoms with van der Waals surface area (Å²) in [5, 5.41) is 27.1. The number of pyridine rings is 1. The van der Waals surface area contributed by atoms with Crippen molar-refractivity contribution in [1.29, 1.82) is 0 Å². The molecule has 0 aliphatic heterocycles. The van der Waals surface area contributed by atoms with Gasteiger partial charge in [-0.1, -0.05) is 58.0 Å². The van der Waals surface area contributed by atoms with E-state index in [2.05, 4.69) is 32.3 Å². The van der Waals surface area contributed by atoms with Gasteiger partial charge in [0.1, 0.15) is 0 Å². The van der Waals surface area contributed by atoms with Gasteiger partial charge in [0.05, 0.1) is 18.8 Å². The first kappa shape index (κ1) is 25.3. The Bertz CT molecular complexity index is 1020. The summed E-state index contributed by atoms with van der Waals surface area (Å²) in [6, 6.07) is 20.9. The Hall–Kier alpha value is -1.33. The number of nitrogens with zero attached hydrogens (tertiary/aromatic N) is 1. The fourth-order valence-electron chi connectivity index (χ4n) is 4.75. The van der Waals surface area contributed by atoms with Crippen LogP contribution in [0, 0.1) is 49.0 Å². The molecule has 7 heteroatoms. The number of aliphatic hydroxyl groups is 2. The maximum Gasteiger partial charge on any atom is 2.00 e. The van der Waals surface area contributed by atoms with Crippen molar-refractivity contribution < 1.29 is 46.1 Å². The van der Waals surface area contributed by atoms with Crippen molar-refractivity contribution in [2.45, 2.75) is 17.6 Å². The molecule has 3 N–H and O–H groups in total. The second-order valence-electron chi connectivity index (χ2n) is 7.74. The Labute approximate surface area is 221 Å². The number of halogens is 1. The quantitative estimate of drug-likeness (QED) is 0.341. The first-order chi connectivity index (χ1) is 15.0. The normalized spacial score (nSPS) is 24.8. The Morgan fingerprint density at radius 3 is 2.50 bits per heavy atom. The summed E-state index contributed by atoms with van der Waals surface area (Å²) < 4.78 is 6.45. The van der Waals surface area contributed by atoms with Crippen molar-refractivity contribution in [2.24, 2.45) is 5.92 Å². The smallest absolute Gasteiger partial charge is 0.580 e. The maximum atomic E-state index is 12.3. The zero-order valence-corrected chi connectivity index (χ0v) is 23.7. The Kier molecular flexibility index (Phi) is 8.49. The van der Waals surface area contributed by atoms with Crippen molar-refractivity contribution in [2.75, 3.05) is 20.7 Å². The number of aromatic nitrogens is 1. The van der Waals surface area contributed by atoms with Crippen LogP contribution in [0.1, 0.15) is 22.6 Å². The van der Waals surface area contributed by atoms with Crippen molar-refractivity contribution in [3.8, 4) is 5.75 Å². The second kappa shape index (κ2) is 10.7. The van der Waals surface area contributed by atoms with Crippen LogP contribution in [0.5, 0.6) is 5.75 Å². The van der Waals surface area contributed by atoms with Gasteiger partial charge in [0.15, 0.2) is 0 Å². The van der Waals surface area contributed by atoms with E-state index in [0.717, 1.165) is 21.5 Å². The van der Waals surface area contributed by atoms with Crippen LogP contribution in [0.25, 0.3) is 0 Å². The van der Waals surface area contributed by atoms with Crippen LogP contribution in [0.15, 0.2) is 71.5 Å². The van der Waals surface area contributed by atoms with Crippen molar-refractivity contribution in [3.63, 3.8) is 0 Å². The summed E-state index contributed by atoms with van der Waals surface area (Å²) in [7, 11) is 3.38. The van der Waals surface area contributed by atoms with Gasteiger partial charge in [-0.25, -0.2) is 6.07 Å². The third-order valence-corrected chi connectivity index (χ3v) is 6.59. The molecule has 1 aromatic heterocycles. The van der Waals surface area contributed by atoms with Gasteiger partial charge in [-0.05, 0) is 35.3 Å². The zero-order valence-electron chi connectivity index (χ0n) is 17.9. The molecule has 5 nitrogen and oxygen atoms in total. The summed E-state index contributed by atoms with van der Waals surface area (Å²) in [4.78, 5) is 4.08. The summed E-state index contributed by atoms with van der Waals surface area (Å²) in [5.41, 5.74) is 0.563. The number of rotatable bonds is 6. The van der Waals surface area contributed by atoms with Gasteiger partial charge in [-0.3, -0.25) is 0 Å². The van der Waals surface area contributed by atoms with E-state index in [-0.39, 0.29) is 42.9 Å². The third-order valence-electron chi connectivity index (χ3n) is 6.06. The minimum absolute atomic E-state index is 0. The van der Waals surface area contributed by atoms with E-state index < -0.39 is 11.7 Å². The fraction of sp³-hybridized carbons (Fsp3) is 0.280. The predicted octanol–water partition coefficient (Wildman–Crippen LogP) is 3.46. The van der Waals surface area contributed by atoms with Crippen molar-refractivity contribution >= 4 is 15.9 Å². The SMILES string of the molecule is CNCC1[C@@H](O)[C@@](O)(c2[c-]cncc2OC)[C-](c2ccc(Br)cc2)[C@@H]1c1ccccc1.[U+2]. The summed E-state index contributed by atoms with van der Waals surface area (Å²) in [5.74, 6) is 0.610.